The topological polar surface area (TPSA) is 99.9 Å². The second-order valence-electron chi connectivity index (χ2n) is 6.73. The molecule has 0 radical (unpaired) electrons. The van der Waals surface area contributed by atoms with Gasteiger partial charge >= 0.3 is 18.2 Å². The summed E-state index contributed by atoms with van der Waals surface area (Å²) in [4.78, 5) is 24.7. The van der Waals surface area contributed by atoms with E-state index >= 15 is 0 Å². The normalized spacial score (nSPS) is 13.0. The fourth-order valence-electron chi connectivity index (χ4n) is 2.95. The first-order valence-electron chi connectivity index (χ1n) is 9.47. The van der Waals surface area contributed by atoms with Crippen LogP contribution in [0.2, 0.25) is 0 Å². The van der Waals surface area contributed by atoms with Crippen molar-refractivity contribution in [2.45, 2.75) is 18.3 Å². The Bertz CT molecular complexity index is 1100. The quantitative estimate of drug-likeness (QED) is 0.523. The summed E-state index contributed by atoms with van der Waals surface area (Å²) in [5, 5.41) is 5.20. The van der Waals surface area contributed by atoms with Crippen molar-refractivity contribution in [1.82, 2.24) is 10.5 Å². The van der Waals surface area contributed by atoms with Gasteiger partial charge in [-0.15, -0.1) is 0 Å². The number of aromatic nitrogens is 1. The zero-order valence-corrected chi connectivity index (χ0v) is 17.5. The average Bonchev–Trinajstić information content (AvgIpc) is 3.31. The molecule has 1 unspecified atom stereocenters. The molecule has 1 aromatic heterocycles. The first kappa shape index (κ1) is 23.6. The van der Waals surface area contributed by atoms with Gasteiger partial charge in [0.2, 0.25) is 0 Å². The molecular formula is C22H19F3N2O6. The van der Waals surface area contributed by atoms with E-state index in [1.165, 1.54) is 19.2 Å². The number of methoxy groups -OCH3 is 2. The van der Waals surface area contributed by atoms with Gasteiger partial charge in [0.25, 0.3) is 5.54 Å². The number of rotatable bonds is 7. The van der Waals surface area contributed by atoms with E-state index in [1.807, 2.05) is 0 Å². The standard InChI is InChI=1S/C22H19F3N2O6/c1-30-16-10-8-15(9-11-16)17-12-18(33-27-17)21(19(28)31-2,22(23,24)25)26-20(29)32-13-14-6-4-3-5-7-14/h3-12H,13H2,1-2H3,(H,26,29). The van der Waals surface area contributed by atoms with Crippen LogP contribution in [-0.4, -0.2) is 37.6 Å². The summed E-state index contributed by atoms with van der Waals surface area (Å²) < 4.78 is 61.9. The lowest BCUT2D eigenvalue weighted by Gasteiger charge is -2.30. The first-order chi connectivity index (χ1) is 15.7. The zero-order valence-electron chi connectivity index (χ0n) is 17.5. The van der Waals surface area contributed by atoms with Crippen LogP contribution in [-0.2, 0) is 26.4 Å². The van der Waals surface area contributed by atoms with E-state index in [2.05, 4.69) is 9.89 Å². The number of carbonyl (C=O) groups is 2. The number of nitrogens with zero attached hydrogens (tertiary/aromatic N) is 1. The summed E-state index contributed by atoms with van der Waals surface area (Å²) in [5.74, 6) is -2.31. The number of hydrogen-bond acceptors (Lipinski definition) is 7. The molecule has 3 rings (SSSR count). The fraction of sp³-hybridized carbons (Fsp3) is 0.227. The third kappa shape index (κ3) is 4.92. The molecule has 1 amide bonds. The van der Waals surface area contributed by atoms with Gasteiger partial charge in [-0.05, 0) is 29.8 Å². The van der Waals surface area contributed by atoms with E-state index in [1.54, 1.807) is 47.8 Å². The second-order valence-corrected chi connectivity index (χ2v) is 6.73. The predicted molar refractivity (Wildman–Crippen MR) is 108 cm³/mol. The van der Waals surface area contributed by atoms with Gasteiger partial charge in [0.1, 0.15) is 18.1 Å². The van der Waals surface area contributed by atoms with Crippen molar-refractivity contribution < 1.29 is 41.5 Å². The summed E-state index contributed by atoms with van der Waals surface area (Å²) in [6, 6.07) is 15.4. The molecule has 11 heteroatoms. The second kappa shape index (κ2) is 9.63. The van der Waals surface area contributed by atoms with E-state index in [-0.39, 0.29) is 12.3 Å². The molecule has 2 aromatic carbocycles. The maximum Gasteiger partial charge on any atom is 0.430 e. The maximum absolute atomic E-state index is 14.3. The molecule has 0 saturated carbocycles. The van der Waals surface area contributed by atoms with Crippen molar-refractivity contribution in [3.8, 4) is 17.0 Å². The molecule has 33 heavy (non-hydrogen) atoms. The number of alkyl carbamates (subject to hydrolysis) is 1. The molecule has 0 fully saturated rings. The van der Waals surface area contributed by atoms with Crippen LogP contribution in [0, 0.1) is 0 Å². The highest BCUT2D eigenvalue weighted by Crippen LogP contribution is 2.41. The summed E-state index contributed by atoms with van der Waals surface area (Å²) in [6.07, 6.45) is -6.87. The van der Waals surface area contributed by atoms with Gasteiger partial charge in [-0.3, -0.25) is 5.32 Å². The monoisotopic (exact) mass is 464 g/mol. The van der Waals surface area contributed by atoms with Crippen LogP contribution in [0.4, 0.5) is 18.0 Å². The van der Waals surface area contributed by atoms with Crippen molar-refractivity contribution in [3.05, 3.63) is 72.0 Å². The molecule has 0 bridgehead atoms. The van der Waals surface area contributed by atoms with Crippen LogP contribution in [0.15, 0.2) is 65.2 Å². The highest BCUT2D eigenvalue weighted by molar-refractivity contribution is 5.88. The molecule has 1 heterocycles. The largest absolute Gasteiger partial charge is 0.497 e. The van der Waals surface area contributed by atoms with Crippen molar-refractivity contribution in [3.63, 3.8) is 0 Å². The maximum atomic E-state index is 14.3. The molecule has 1 N–H and O–H groups in total. The van der Waals surface area contributed by atoms with Crippen molar-refractivity contribution >= 4 is 12.1 Å². The molecule has 8 nitrogen and oxygen atoms in total. The number of benzene rings is 2. The van der Waals surface area contributed by atoms with Crippen LogP contribution in [0.3, 0.4) is 0 Å². The Morgan fingerprint density at radius 2 is 1.70 bits per heavy atom. The number of alkyl halides is 3. The van der Waals surface area contributed by atoms with E-state index in [0.29, 0.717) is 16.9 Å². The highest BCUT2D eigenvalue weighted by atomic mass is 19.4. The Morgan fingerprint density at radius 3 is 2.27 bits per heavy atom. The van der Waals surface area contributed by atoms with Gasteiger partial charge in [-0.1, -0.05) is 35.5 Å². The fourth-order valence-corrected chi connectivity index (χ4v) is 2.95. The van der Waals surface area contributed by atoms with Gasteiger partial charge in [0.15, 0.2) is 5.76 Å². The number of esters is 1. The number of ether oxygens (including phenoxy) is 3. The lowest BCUT2D eigenvalue weighted by atomic mass is 9.94. The number of amides is 1. The van der Waals surface area contributed by atoms with Gasteiger partial charge < -0.3 is 18.7 Å². The minimum Gasteiger partial charge on any atom is -0.497 e. The predicted octanol–water partition coefficient (Wildman–Crippen LogP) is 4.21. The SMILES string of the molecule is COC(=O)C(NC(=O)OCc1ccccc1)(c1cc(-c2ccc(OC)cc2)no1)C(F)(F)F. The molecule has 1 atom stereocenters. The summed E-state index contributed by atoms with van der Waals surface area (Å²) in [6.45, 7) is -0.324. The summed E-state index contributed by atoms with van der Waals surface area (Å²) >= 11 is 0. The molecule has 0 saturated heterocycles. The van der Waals surface area contributed by atoms with Gasteiger partial charge in [-0.2, -0.15) is 13.2 Å². The van der Waals surface area contributed by atoms with Crippen LogP contribution in [0.1, 0.15) is 11.3 Å². The van der Waals surface area contributed by atoms with Crippen LogP contribution in [0.25, 0.3) is 11.3 Å². The number of hydrogen-bond donors (Lipinski definition) is 1. The van der Waals surface area contributed by atoms with Gasteiger partial charge in [-0.25, -0.2) is 9.59 Å². The summed E-state index contributed by atoms with van der Waals surface area (Å²) in [5.41, 5.74) is -2.78. The highest BCUT2D eigenvalue weighted by Gasteiger charge is 2.67. The Kier molecular flexibility index (Phi) is 6.90. The molecule has 0 aliphatic rings. The van der Waals surface area contributed by atoms with Gasteiger partial charge in [0, 0.05) is 11.6 Å². The number of nitrogens with one attached hydrogen (secondary N) is 1. The van der Waals surface area contributed by atoms with E-state index in [9.17, 15) is 22.8 Å². The molecule has 3 aromatic rings. The van der Waals surface area contributed by atoms with Crippen molar-refractivity contribution in [2.24, 2.45) is 0 Å². The van der Waals surface area contributed by atoms with E-state index in [4.69, 9.17) is 14.0 Å². The molecule has 0 spiro atoms. The Balaban J connectivity index is 1.94. The van der Waals surface area contributed by atoms with Crippen LogP contribution >= 0.6 is 0 Å². The third-order valence-corrected chi connectivity index (χ3v) is 4.68. The number of halogens is 3. The van der Waals surface area contributed by atoms with E-state index < -0.39 is 29.5 Å². The summed E-state index contributed by atoms with van der Waals surface area (Å²) in [7, 11) is 2.21. The first-order valence-corrected chi connectivity index (χ1v) is 9.47. The molecule has 174 valence electrons. The third-order valence-electron chi connectivity index (χ3n) is 4.68. The van der Waals surface area contributed by atoms with Crippen molar-refractivity contribution in [1.29, 1.82) is 0 Å². The van der Waals surface area contributed by atoms with Crippen LogP contribution < -0.4 is 10.1 Å². The Morgan fingerprint density at radius 1 is 1.03 bits per heavy atom. The Hall–Kier alpha value is -4.02. The molecule has 0 aliphatic heterocycles. The van der Waals surface area contributed by atoms with Crippen molar-refractivity contribution in [2.75, 3.05) is 14.2 Å². The molecular weight excluding hydrogens is 445 g/mol. The zero-order chi connectivity index (χ0) is 24.1. The minimum atomic E-state index is -5.36. The van der Waals surface area contributed by atoms with E-state index in [0.717, 1.165) is 13.2 Å². The Labute approximate surface area is 186 Å². The smallest absolute Gasteiger partial charge is 0.430 e. The lowest BCUT2D eigenvalue weighted by molar-refractivity contribution is -0.218. The van der Waals surface area contributed by atoms with Gasteiger partial charge in [0.05, 0.1) is 14.2 Å². The number of carbonyl (C=O) groups excluding carboxylic acids is 2. The lowest BCUT2D eigenvalue weighted by Crippen LogP contribution is -2.61. The van der Waals surface area contributed by atoms with Crippen LogP contribution in [0.5, 0.6) is 5.75 Å². The molecule has 0 aliphatic carbocycles. The average molecular weight is 464 g/mol. The minimum absolute atomic E-state index is 0.00960.